The summed E-state index contributed by atoms with van der Waals surface area (Å²) in [6.45, 7) is 0. The molecule has 0 aliphatic heterocycles. The maximum absolute atomic E-state index is 2.38. The summed E-state index contributed by atoms with van der Waals surface area (Å²) in [6, 6.07) is 35.3. The van der Waals surface area contributed by atoms with E-state index >= 15 is 0 Å². The molecule has 1 heterocycles. The van der Waals surface area contributed by atoms with Crippen molar-refractivity contribution in [2.75, 3.05) is 0 Å². The van der Waals surface area contributed by atoms with Crippen LogP contribution in [0, 0.1) is 0 Å². The van der Waals surface area contributed by atoms with Gasteiger partial charge in [-0.15, -0.1) is 0 Å². The van der Waals surface area contributed by atoms with Crippen molar-refractivity contribution in [3.8, 4) is 5.69 Å². The van der Waals surface area contributed by atoms with Crippen LogP contribution in [0.2, 0.25) is 0 Å². The summed E-state index contributed by atoms with van der Waals surface area (Å²) in [5.41, 5.74) is 5.00. The van der Waals surface area contributed by atoms with E-state index in [4.69, 9.17) is 0 Å². The Balaban J connectivity index is 1.82. The zero-order valence-corrected chi connectivity index (χ0v) is 15.7. The minimum Gasteiger partial charge on any atom is -0.309 e. The lowest BCUT2D eigenvalue weighted by Crippen LogP contribution is -1.99. The predicted molar refractivity (Wildman–Crippen MR) is 124 cm³/mol. The Labute approximate surface area is 164 Å². The lowest BCUT2D eigenvalue weighted by Gasteiger charge is -2.09. The summed E-state index contributed by atoms with van der Waals surface area (Å²) in [5.74, 6) is 0. The normalized spacial score (nSPS) is 11.7. The second-order valence-electron chi connectivity index (χ2n) is 7.57. The van der Waals surface area contributed by atoms with Crippen LogP contribution in [0.3, 0.4) is 0 Å². The minimum absolute atomic E-state index is 1.20. The average Bonchev–Trinajstić information content (AvgIpc) is 3.06. The smallest absolute Gasteiger partial charge is 0.139 e. The number of para-hydroxylation sites is 2. The monoisotopic (exact) mass is 355 g/mol. The molecule has 28 heavy (non-hydrogen) atoms. The van der Waals surface area contributed by atoms with Crippen molar-refractivity contribution in [1.29, 1.82) is 0 Å². The molecule has 0 saturated heterocycles. The molecule has 0 unspecified atom stereocenters. The number of benzene rings is 5. The largest absolute Gasteiger partial charge is 0.309 e. The molecule has 0 N–H and O–H groups in total. The maximum Gasteiger partial charge on any atom is 0.139 e. The maximum atomic E-state index is 2.38. The molecule has 6 aromatic rings. The van der Waals surface area contributed by atoms with E-state index in [2.05, 4.69) is 109 Å². The average molecular weight is 355 g/mol. The Bertz CT molecular complexity index is 1510. The van der Waals surface area contributed by atoms with Gasteiger partial charge in [0.05, 0.1) is 11.0 Å². The molecule has 130 valence electrons. The summed E-state index contributed by atoms with van der Waals surface area (Å²) in [4.78, 5) is 0. The van der Waals surface area contributed by atoms with Crippen LogP contribution in [0.1, 0.15) is 0 Å². The molecule has 0 amide bonds. The minimum atomic E-state index is 1.20. The number of fused-ring (bicyclic) bond motifs is 6. The van der Waals surface area contributed by atoms with E-state index in [-0.39, 0.29) is 0 Å². The molecule has 1 nitrogen and oxygen atoms in total. The standard InChI is InChI=1S/C26H18BN/c27-19-12-13-21-17(14-19)10-11-18-15-26-24(16-23(18)21)22-8-4-5-9-25(22)28(26)20-6-2-1-3-7-20/h1-16H,27H2. The van der Waals surface area contributed by atoms with Gasteiger partial charge in [-0.2, -0.15) is 0 Å². The molecule has 0 aliphatic rings. The fraction of sp³-hybridized carbons (Fsp3) is 0. The van der Waals surface area contributed by atoms with Gasteiger partial charge in [0.25, 0.3) is 0 Å². The Hall–Kier alpha value is -3.52. The van der Waals surface area contributed by atoms with Crippen LogP contribution in [0.25, 0.3) is 49.0 Å². The summed E-state index contributed by atoms with van der Waals surface area (Å²) in [7, 11) is 2.15. The van der Waals surface area contributed by atoms with Crippen LogP contribution < -0.4 is 5.46 Å². The second kappa shape index (κ2) is 5.74. The summed E-state index contributed by atoms with van der Waals surface area (Å²) < 4.78 is 2.38. The van der Waals surface area contributed by atoms with Crippen LogP contribution in [0.15, 0.2) is 97.1 Å². The van der Waals surface area contributed by atoms with Crippen molar-refractivity contribution in [2.45, 2.75) is 0 Å². The first-order chi connectivity index (χ1) is 13.8. The fourth-order valence-electron chi connectivity index (χ4n) is 4.50. The van der Waals surface area contributed by atoms with E-state index in [9.17, 15) is 0 Å². The molecule has 0 bridgehead atoms. The van der Waals surface area contributed by atoms with Crippen molar-refractivity contribution in [2.24, 2.45) is 0 Å². The van der Waals surface area contributed by atoms with Crippen LogP contribution in [-0.2, 0) is 0 Å². The predicted octanol–water partition coefficient (Wildman–Crippen LogP) is 5.35. The van der Waals surface area contributed by atoms with Crippen LogP contribution in [0.4, 0.5) is 0 Å². The van der Waals surface area contributed by atoms with Gasteiger partial charge in [-0.3, -0.25) is 0 Å². The Morgan fingerprint density at radius 3 is 2.11 bits per heavy atom. The van der Waals surface area contributed by atoms with Gasteiger partial charge >= 0.3 is 0 Å². The highest BCUT2D eigenvalue weighted by Crippen LogP contribution is 2.36. The number of aromatic nitrogens is 1. The van der Waals surface area contributed by atoms with E-state index in [1.165, 1.54) is 54.5 Å². The third-order valence-electron chi connectivity index (χ3n) is 5.80. The number of nitrogens with zero attached hydrogens (tertiary/aromatic N) is 1. The van der Waals surface area contributed by atoms with E-state index in [0.29, 0.717) is 0 Å². The highest BCUT2D eigenvalue weighted by molar-refractivity contribution is 6.33. The molecule has 0 atom stereocenters. The van der Waals surface area contributed by atoms with Crippen molar-refractivity contribution < 1.29 is 0 Å². The fourth-order valence-corrected chi connectivity index (χ4v) is 4.50. The zero-order valence-electron chi connectivity index (χ0n) is 15.7. The van der Waals surface area contributed by atoms with Crippen molar-refractivity contribution in [3.05, 3.63) is 97.1 Å². The first kappa shape index (κ1) is 15.5. The first-order valence-electron chi connectivity index (χ1n) is 9.71. The lowest BCUT2D eigenvalue weighted by atomic mass is 9.91. The van der Waals surface area contributed by atoms with Gasteiger partial charge in [0.15, 0.2) is 0 Å². The number of rotatable bonds is 1. The molecule has 1 aromatic heterocycles. The quantitative estimate of drug-likeness (QED) is 0.277. The van der Waals surface area contributed by atoms with E-state index < -0.39 is 0 Å². The van der Waals surface area contributed by atoms with Gasteiger partial charge < -0.3 is 4.57 Å². The molecular weight excluding hydrogens is 337 g/mol. The van der Waals surface area contributed by atoms with Crippen molar-refractivity contribution in [1.82, 2.24) is 4.57 Å². The molecule has 6 rings (SSSR count). The van der Waals surface area contributed by atoms with Gasteiger partial charge in [0, 0.05) is 16.5 Å². The lowest BCUT2D eigenvalue weighted by molar-refractivity contribution is 1.18. The van der Waals surface area contributed by atoms with Crippen LogP contribution in [-0.4, -0.2) is 12.4 Å². The van der Waals surface area contributed by atoms with Gasteiger partial charge in [0.2, 0.25) is 0 Å². The van der Waals surface area contributed by atoms with Gasteiger partial charge in [-0.05, 0) is 51.9 Å². The molecule has 0 radical (unpaired) electrons. The van der Waals surface area contributed by atoms with Gasteiger partial charge in [-0.1, -0.05) is 72.2 Å². The van der Waals surface area contributed by atoms with Crippen molar-refractivity contribution in [3.63, 3.8) is 0 Å². The third-order valence-corrected chi connectivity index (χ3v) is 5.80. The third kappa shape index (κ3) is 2.15. The molecule has 0 spiro atoms. The molecular formula is C26H18BN. The first-order valence-corrected chi connectivity index (χ1v) is 9.71. The number of hydrogen-bond acceptors (Lipinski definition) is 0. The molecule has 0 fully saturated rings. The Morgan fingerprint density at radius 2 is 1.25 bits per heavy atom. The SMILES string of the molecule is Bc1ccc2c(ccc3cc4c(cc32)c2ccccc2n4-c2ccccc2)c1. The summed E-state index contributed by atoms with van der Waals surface area (Å²) >= 11 is 0. The Kier molecular flexibility index (Phi) is 3.18. The number of hydrogen-bond donors (Lipinski definition) is 0. The van der Waals surface area contributed by atoms with E-state index in [0.717, 1.165) is 0 Å². The zero-order chi connectivity index (χ0) is 18.7. The summed E-state index contributed by atoms with van der Waals surface area (Å²) in [5, 5.41) is 7.83. The van der Waals surface area contributed by atoms with Crippen LogP contribution >= 0.6 is 0 Å². The van der Waals surface area contributed by atoms with Gasteiger partial charge in [0.1, 0.15) is 7.85 Å². The molecule has 5 aromatic carbocycles. The van der Waals surface area contributed by atoms with Gasteiger partial charge in [-0.25, -0.2) is 0 Å². The topological polar surface area (TPSA) is 4.93 Å². The van der Waals surface area contributed by atoms with Crippen molar-refractivity contribution >= 4 is 56.7 Å². The van der Waals surface area contributed by atoms with E-state index in [1.54, 1.807) is 0 Å². The molecule has 0 aliphatic carbocycles. The van der Waals surface area contributed by atoms with E-state index in [1.807, 2.05) is 0 Å². The molecule has 2 heteroatoms. The molecule has 0 saturated carbocycles. The second-order valence-corrected chi connectivity index (χ2v) is 7.57. The highest BCUT2D eigenvalue weighted by Gasteiger charge is 2.13. The highest BCUT2D eigenvalue weighted by atomic mass is 15.0. The Morgan fingerprint density at radius 1 is 0.500 bits per heavy atom. The van der Waals surface area contributed by atoms with Crippen LogP contribution in [0.5, 0.6) is 0 Å². The summed E-state index contributed by atoms with van der Waals surface area (Å²) in [6.07, 6.45) is 0.